The molecule has 0 saturated heterocycles. The lowest BCUT2D eigenvalue weighted by molar-refractivity contribution is -0.158. The van der Waals surface area contributed by atoms with Crippen LogP contribution in [0.25, 0.3) is 0 Å². The molecular formula is C22H34O4. The Kier molecular flexibility index (Phi) is 15.8. The fraction of sp³-hybridized carbons (Fsp3) is 0.409. The van der Waals surface area contributed by atoms with Gasteiger partial charge in [0.05, 0.1) is 6.61 Å². The molecule has 26 heavy (non-hydrogen) atoms. The average Bonchev–Trinajstić information content (AvgIpc) is 2.67. The Labute approximate surface area is 158 Å². The van der Waals surface area contributed by atoms with E-state index in [2.05, 4.69) is 0 Å². The number of carbonyl (C=O) groups is 1. The van der Waals surface area contributed by atoms with Gasteiger partial charge in [-0.2, -0.15) is 0 Å². The largest absolute Gasteiger partial charge is 0.508 e. The number of carbonyl (C=O) groups excluding carboxylic acids is 1. The molecule has 0 amide bonds. The quantitative estimate of drug-likeness (QED) is 0.693. The third-order valence-corrected chi connectivity index (χ3v) is 2.64. The first-order chi connectivity index (χ1) is 12.5. The molecule has 1 N–H and O–H groups in total. The van der Waals surface area contributed by atoms with Crippen molar-refractivity contribution in [1.82, 2.24) is 0 Å². The molecule has 0 unspecified atom stereocenters. The summed E-state index contributed by atoms with van der Waals surface area (Å²) in [6.45, 7) is 13.5. The lowest BCUT2D eigenvalue weighted by Gasteiger charge is -2.23. The number of phenolic OH excluding ortho intramolecular Hbond substituents is 1. The second kappa shape index (κ2) is 16.0. The minimum atomic E-state index is -0.947. The molecule has 146 valence electrons. The predicted molar refractivity (Wildman–Crippen MR) is 109 cm³/mol. The highest BCUT2D eigenvalue weighted by Crippen LogP contribution is 2.18. The van der Waals surface area contributed by atoms with Crippen molar-refractivity contribution < 1.29 is 19.4 Å². The smallest absolute Gasteiger partial charge is 0.349 e. The Morgan fingerprint density at radius 3 is 1.65 bits per heavy atom. The lowest BCUT2D eigenvalue weighted by Crippen LogP contribution is -2.39. The molecule has 2 rings (SSSR count). The number of hydrogen-bond acceptors (Lipinski definition) is 4. The Bertz CT molecular complexity index is 551. The van der Waals surface area contributed by atoms with E-state index in [4.69, 9.17) is 14.6 Å². The van der Waals surface area contributed by atoms with E-state index < -0.39 is 5.60 Å². The van der Waals surface area contributed by atoms with Crippen molar-refractivity contribution in [1.29, 1.82) is 0 Å². The summed E-state index contributed by atoms with van der Waals surface area (Å²) in [4.78, 5) is 11.5. The van der Waals surface area contributed by atoms with Gasteiger partial charge in [-0.1, -0.05) is 64.1 Å². The van der Waals surface area contributed by atoms with Crippen molar-refractivity contribution in [2.75, 3.05) is 6.61 Å². The number of benzene rings is 2. The van der Waals surface area contributed by atoms with Gasteiger partial charge in [0.15, 0.2) is 5.60 Å². The number of phenols is 1. The summed E-state index contributed by atoms with van der Waals surface area (Å²) in [6, 6.07) is 17.9. The van der Waals surface area contributed by atoms with Crippen molar-refractivity contribution >= 4 is 5.97 Å². The molecule has 0 heterocycles. The van der Waals surface area contributed by atoms with Crippen LogP contribution >= 0.6 is 0 Å². The molecule has 0 fully saturated rings. The van der Waals surface area contributed by atoms with Crippen molar-refractivity contribution in [3.8, 4) is 11.5 Å². The van der Waals surface area contributed by atoms with Crippen LogP contribution in [0, 0.1) is 0 Å². The molecule has 2 aromatic carbocycles. The summed E-state index contributed by atoms with van der Waals surface area (Å²) in [5.74, 6) is 0.631. The summed E-state index contributed by atoms with van der Waals surface area (Å²) in [7, 11) is 0. The predicted octanol–water partition coefficient (Wildman–Crippen LogP) is 5.85. The Balaban J connectivity index is 0. The molecule has 0 aromatic heterocycles. The highest BCUT2D eigenvalue weighted by Gasteiger charge is 2.31. The second-order valence-corrected chi connectivity index (χ2v) is 4.98. The Morgan fingerprint density at radius 1 is 0.885 bits per heavy atom. The summed E-state index contributed by atoms with van der Waals surface area (Å²) >= 11 is 0. The van der Waals surface area contributed by atoms with E-state index in [0.29, 0.717) is 18.1 Å². The van der Waals surface area contributed by atoms with Crippen LogP contribution in [-0.4, -0.2) is 23.3 Å². The van der Waals surface area contributed by atoms with E-state index in [0.717, 1.165) is 0 Å². The van der Waals surface area contributed by atoms with E-state index in [-0.39, 0.29) is 5.97 Å². The summed E-state index contributed by atoms with van der Waals surface area (Å²) in [6.07, 6.45) is 0. The zero-order chi connectivity index (χ0) is 20.4. The minimum absolute atomic E-state index is 0.322. The van der Waals surface area contributed by atoms with Crippen molar-refractivity contribution in [2.45, 2.75) is 54.1 Å². The van der Waals surface area contributed by atoms with Gasteiger partial charge < -0.3 is 14.6 Å². The third kappa shape index (κ3) is 12.0. The Hall–Kier alpha value is -2.49. The molecule has 0 aliphatic carbocycles. The maximum absolute atomic E-state index is 11.5. The monoisotopic (exact) mass is 362 g/mol. The van der Waals surface area contributed by atoms with Crippen LogP contribution < -0.4 is 4.74 Å². The van der Waals surface area contributed by atoms with Gasteiger partial charge in [0.25, 0.3) is 0 Å². The number of ether oxygens (including phenoxy) is 2. The van der Waals surface area contributed by atoms with Gasteiger partial charge in [0.1, 0.15) is 11.5 Å². The number of rotatable bonds is 4. The van der Waals surface area contributed by atoms with Gasteiger partial charge in [0, 0.05) is 0 Å². The van der Waals surface area contributed by atoms with E-state index in [9.17, 15) is 4.79 Å². The van der Waals surface area contributed by atoms with Crippen LogP contribution in [0.15, 0.2) is 60.7 Å². The van der Waals surface area contributed by atoms with Crippen LogP contribution in [0.5, 0.6) is 11.5 Å². The van der Waals surface area contributed by atoms with Crippen molar-refractivity contribution in [3.63, 3.8) is 0 Å². The number of hydrogen-bond donors (Lipinski definition) is 1. The average molecular weight is 363 g/mol. The van der Waals surface area contributed by atoms with E-state index in [1.165, 1.54) is 0 Å². The van der Waals surface area contributed by atoms with Crippen LogP contribution in [0.3, 0.4) is 0 Å². The summed E-state index contributed by atoms with van der Waals surface area (Å²) in [5, 5.41) is 8.63. The third-order valence-electron chi connectivity index (χ3n) is 2.64. The molecule has 0 bridgehead atoms. The standard InChI is InChI=1S/C12H16O3.C6H6O.2C2H6/c1-4-14-11(13)12(2,3)15-10-8-6-5-7-9-10;7-6-4-2-1-3-5-6;2*1-2/h5-9H,4H2,1-3H3;1-5,7H;2*1-2H3. The van der Waals surface area contributed by atoms with E-state index >= 15 is 0 Å². The fourth-order valence-electron chi connectivity index (χ4n) is 1.56. The number of esters is 1. The molecule has 0 radical (unpaired) electrons. The second-order valence-electron chi connectivity index (χ2n) is 4.98. The summed E-state index contributed by atoms with van der Waals surface area (Å²) < 4.78 is 10.5. The van der Waals surface area contributed by atoms with Gasteiger partial charge in [-0.05, 0) is 45.0 Å². The molecule has 2 aromatic rings. The fourth-order valence-corrected chi connectivity index (χ4v) is 1.56. The van der Waals surface area contributed by atoms with Crippen molar-refractivity contribution in [3.05, 3.63) is 60.7 Å². The molecule has 4 nitrogen and oxygen atoms in total. The topological polar surface area (TPSA) is 55.8 Å². The zero-order valence-electron chi connectivity index (χ0n) is 17.2. The molecule has 0 aliphatic heterocycles. The molecule has 0 atom stereocenters. The van der Waals surface area contributed by atoms with Gasteiger partial charge in [-0.3, -0.25) is 0 Å². The zero-order valence-corrected chi connectivity index (χ0v) is 17.2. The number of aromatic hydroxyl groups is 1. The highest BCUT2D eigenvalue weighted by atomic mass is 16.6. The highest BCUT2D eigenvalue weighted by molar-refractivity contribution is 5.79. The summed E-state index contributed by atoms with van der Waals surface area (Å²) in [5.41, 5.74) is -0.947. The van der Waals surface area contributed by atoms with Crippen molar-refractivity contribution in [2.24, 2.45) is 0 Å². The number of para-hydroxylation sites is 2. The first kappa shape index (κ1) is 25.7. The molecule has 0 aliphatic rings. The van der Waals surface area contributed by atoms with Gasteiger partial charge in [0.2, 0.25) is 0 Å². The first-order valence-electron chi connectivity index (χ1n) is 9.11. The van der Waals surface area contributed by atoms with Crippen LogP contribution in [0.1, 0.15) is 48.5 Å². The van der Waals surface area contributed by atoms with Crippen LogP contribution in [-0.2, 0) is 9.53 Å². The molecular weight excluding hydrogens is 328 g/mol. The van der Waals surface area contributed by atoms with E-state index in [1.807, 2.05) is 52.0 Å². The van der Waals surface area contributed by atoms with Gasteiger partial charge >= 0.3 is 5.97 Å². The maximum atomic E-state index is 11.5. The molecule has 0 saturated carbocycles. The minimum Gasteiger partial charge on any atom is -0.508 e. The van der Waals surface area contributed by atoms with E-state index in [1.54, 1.807) is 57.2 Å². The molecule has 4 heteroatoms. The first-order valence-corrected chi connectivity index (χ1v) is 9.11. The van der Waals surface area contributed by atoms with Gasteiger partial charge in [-0.15, -0.1) is 0 Å². The molecule has 0 spiro atoms. The van der Waals surface area contributed by atoms with Crippen LogP contribution in [0.4, 0.5) is 0 Å². The van der Waals surface area contributed by atoms with Crippen LogP contribution in [0.2, 0.25) is 0 Å². The SMILES string of the molecule is CC.CC.CCOC(=O)C(C)(C)Oc1ccccc1.Oc1ccccc1. The van der Waals surface area contributed by atoms with Gasteiger partial charge in [-0.25, -0.2) is 4.79 Å². The Morgan fingerprint density at radius 2 is 1.31 bits per heavy atom. The lowest BCUT2D eigenvalue weighted by atomic mass is 10.1. The normalized spacial score (nSPS) is 9.04. The maximum Gasteiger partial charge on any atom is 0.349 e.